The number of rotatable bonds is 26. The van der Waals surface area contributed by atoms with Gasteiger partial charge in [0.05, 0.1) is 33.0 Å². The Morgan fingerprint density at radius 3 is 1.01 bits per heavy atom. The van der Waals surface area contributed by atoms with E-state index in [0.29, 0.717) is 55.6 Å². The number of urea groups is 3. The van der Waals surface area contributed by atoms with Gasteiger partial charge in [-0.05, 0) is 132 Å². The SMILES string of the molecule is Cc1cc(=O)[nH]c(NC(=O)NCC2(C)CC(NC(=O)OC(C)COCC(COCC(C)OC(=O)NC3CC(C)(C)CC(C)(CNC(=O)Nc4nc(C)cc(=O)[nH]4)C3)OCC(C)OC(=O)NC3CC(C)(C)CC(C)(CNC(=O)Nc4nc(C)cc(=O)[nH]4)C3)CC(C)(C)C2)n1. The van der Waals surface area contributed by atoms with Crippen LogP contribution in [-0.2, 0) is 28.4 Å². The first-order valence-corrected chi connectivity index (χ1v) is 31.9. The summed E-state index contributed by atoms with van der Waals surface area (Å²) >= 11 is 0. The van der Waals surface area contributed by atoms with E-state index in [-0.39, 0.29) is 116 Å². The predicted octanol–water partition coefficient (Wildman–Crippen LogP) is 7.14. The first-order chi connectivity index (χ1) is 43.3. The summed E-state index contributed by atoms with van der Waals surface area (Å²) < 4.78 is 35.7. The molecule has 30 nitrogen and oxygen atoms in total. The number of H-pyrrole nitrogens is 3. The highest BCUT2D eigenvalue weighted by molar-refractivity contribution is 5.88. The van der Waals surface area contributed by atoms with Crippen LogP contribution >= 0.6 is 0 Å². The Bertz CT molecular complexity index is 3120. The molecule has 0 saturated heterocycles. The molecule has 3 aromatic rings. The zero-order chi connectivity index (χ0) is 68.7. The summed E-state index contributed by atoms with van der Waals surface area (Å²) in [6.45, 7) is 29.4. The van der Waals surface area contributed by atoms with Gasteiger partial charge in [0, 0.05) is 73.0 Å². The first-order valence-electron chi connectivity index (χ1n) is 31.9. The maximum absolute atomic E-state index is 13.5. The number of aromatic nitrogens is 6. The van der Waals surface area contributed by atoms with E-state index in [1.807, 2.05) is 20.8 Å². The molecule has 3 aliphatic carbocycles. The fourth-order valence-electron chi connectivity index (χ4n) is 14.3. The van der Waals surface area contributed by atoms with Crippen LogP contribution in [-0.4, -0.2) is 161 Å². The summed E-state index contributed by atoms with van der Waals surface area (Å²) in [7, 11) is 0. The van der Waals surface area contributed by atoms with E-state index in [9.17, 15) is 43.2 Å². The van der Waals surface area contributed by atoms with E-state index in [1.54, 1.807) is 41.5 Å². The minimum atomic E-state index is -0.746. The van der Waals surface area contributed by atoms with Gasteiger partial charge < -0.3 is 60.3 Å². The summed E-state index contributed by atoms with van der Waals surface area (Å²) in [5.74, 6) is 0.0951. The fourth-order valence-corrected chi connectivity index (χ4v) is 14.3. The van der Waals surface area contributed by atoms with Crippen molar-refractivity contribution in [2.24, 2.45) is 32.5 Å². The van der Waals surface area contributed by atoms with Crippen molar-refractivity contribution in [3.8, 4) is 0 Å². The van der Waals surface area contributed by atoms with Crippen molar-refractivity contribution in [3.05, 3.63) is 66.3 Å². The topological polar surface area (TPSA) is 403 Å². The van der Waals surface area contributed by atoms with Gasteiger partial charge in [-0.1, -0.05) is 62.3 Å². The summed E-state index contributed by atoms with van der Waals surface area (Å²) in [4.78, 5) is 135. The van der Waals surface area contributed by atoms with Crippen LogP contribution in [0.2, 0.25) is 0 Å². The van der Waals surface area contributed by atoms with Crippen molar-refractivity contribution < 1.29 is 57.2 Å². The van der Waals surface area contributed by atoms with E-state index in [0.717, 1.165) is 19.3 Å². The third kappa shape index (κ3) is 26.2. The van der Waals surface area contributed by atoms with Crippen LogP contribution in [0.3, 0.4) is 0 Å². The zero-order valence-corrected chi connectivity index (χ0v) is 56.8. The molecule has 12 N–H and O–H groups in total. The monoisotopic (exact) mass is 1310 g/mol. The molecule has 9 amide bonds. The molecular formula is C63H101N15O15. The molecule has 0 spiro atoms. The molecule has 3 heterocycles. The molecule has 0 aromatic carbocycles. The van der Waals surface area contributed by atoms with Crippen molar-refractivity contribution in [1.29, 1.82) is 0 Å². The van der Waals surface area contributed by atoms with Gasteiger partial charge in [-0.25, -0.2) is 43.7 Å². The van der Waals surface area contributed by atoms with Crippen LogP contribution in [0.1, 0.15) is 158 Å². The average Bonchev–Trinajstić information content (AvgIpc) is 0.851. The molecule has 0 aliphatic heterocycles. The van der Waals surface area contributed by atoms with E-state index < -0.39 is 82.6 Å². The quantitative estimate of drug-likeness (QED) is 0.0355. The molecule has 0 bridgehead atoms. The molecule has 3 aliphatic rings. The summed E-state index contributed by atoms with van der Waals surface area (Å²) in [6, 6.07) is 1.52. The lowest BCUT2D eigenvalue weighted by atomic mass is 9.62. The second kappa shape index (κ2) is 31.8. The van der Waals surface area contributed by atoms with Crippen LogP contribution in [0, 0.1) is 53.3 Å². The third-order valence-corrected chi connectivity index (χ3v) is 16.4. The number of carbonyl (C=O) groups excluding carboxylic acids is 6. The Kier molecular flexibility index (Phi) is 25.4. The lowest BCUT2D eigenvalue weighted by Crippen LogP contribution is -2.51. The molecule has 93 heavy (non-hydrogen) atoms. The number of aromatic amines is 3. The molecule has 3 fully saturated rings. The number of aryl methyl sites for hydroxylation is 3. The van der Waals surface area contributed by atoms with Gasteiger partial charge >= 0.3 is 36.4 Å². The number of carbonyl (C=O) groups is 6. The number of ether oxygens (including phenoxy) is 6. The summed E-state index contributed by atoms with van der Waals surface area (Å²) in [5, 5.41) is 25.5. The Balaban J connectivity index is 1.00. The standard InChI is InChI=1S/C63H101N15O15/c1-36-16-46(79)73-49(67-36)76-52(82)64-33-61(13)22-42(19-58(7,8)30-61)70-55(85)91-39(4)25-88-28-45(90-27-41(6)93-57(87)72-44-21-60(11,12)32-63(15,24-44)35-66-54(84)78-51-69-38(3)18-48(81)75-51)29-89-26-40(5)92-56(86)71-43-20-59(9,10)31-62(14,23-43)34-65-53(83)77-50-68-37(2)17-47(80)74-50/h16-18,39-45H,19-35H2,1-15H3,(H,70,85)(H,71,86)(H,72,87)(H3,64,67,73,76,79,82)(H3,65,68,74,77,80,83)(H3,66,69,75,78,81,84). The first kappa shape index (κ1) is 74.2. The Labute approximate surface area is 543 Å². The van der Waals surface area contributed by atoms with Gasteiger partial charge in [0.15, 0.2) is 0 Å². The van der Waals surface area contributed by atoms with Gasteiger partial charge in [-0.2, -0.15) is 0 Å². The molecule has 30 heteroatoms. The fraction of sp³-hybridized carbons (Fsp3) is 0.714. The van der Waals surface area contributed by atoms with Gasteiger partial charge in [-0.15, -0.1) is 0 Å². The molecule has 9 unspecified atom stereocenters. The predicted molar refractivity (Wildman–Crippen MR) is 347 cm³/mol. The Morgan fingerprint density at radius 2 is 0.731 bits per heavy atom. The maximum atomic E-state index is 13.5. The lowest BCUT2D eigenvalue weighted by molar-refractivity contribution is -0.0948. The number of alkyl carbamates (subject to hydrolysis) is 3. The van der Waals surface area contributed by atoms with Crippen molar-refractivity contribution >= 4 is 54.2 Å². The highest BCUT2D eigenvalue weighted by Gasteiger charge is 2.45. The van der Waals surface area contributed by atoms with Crippen molar-refractivity contribution in [1.82, 2.24) is 61.8 Å². The second-order valence-corrected chi connectivity index (χ2v) is 29.5. The average molecular weight is 1310 g/mol. The van der Waals surface area contributed by atoms with Crippen molar-refractivity contribution in [2.45, 2.75) is 204 Å². The van der Waals surface area contributed by atoms with Crippen LogP contribution in [0.25, 0.3) is 0 Å². The van der Waals surface area contributed by atoms with Crippen LogP contribution in [0.4, 0.5) is 46.6 Å². The number of hydrogen-bond donors (Lipinski definition) is 12. The highest BCUT2D eigenvalue weighted by atomic mass is 16.6. The van der Waals surface area contributed by atoms with Crippen LogP contribution in [0.15, 0.2) is 32.6 Å². The van der Waals surface area contributed by atoms with Gasteiger partial charge in [-0.3, -0.25) is 45.3 Å². The highest BCUT2D eigenvalue weighted by Crippen LogP contribution is 2.48. The molecule has 6 rings (SSSR count). The van der Waals surface area contributed by atoms with Gasteiger partial charge in [0.2, 0.25) is 17.8 Å². The number of anilines is 3. The Morgan fingerprint density at radius 1 is 0.452 bits per heavy atom. The molecule has 518 valence electrons. The molecule has 0 radical (unpaired) electrons. The van der Waals surface area contributed by atoms with E-state index in [4.69, 9.17) is 28.4 Å². The van der Waals surface area contributed by atoms with Gasteiger partial charge in [0.1, 0.15) is 24.4 Å². The van der Waals surface area contributed by atoms with Crippen molar-refractivity contribution in [3.63, 3.8) is 0 Å². The summed E-state index contributed by atoms with van der Waals surface area (Å²) in [5.41, 5.74) is -1.66. The smallest absolute Gasteiger partial charge is 0.407 e. The second-order valence-electron chi connectivity index (χ2n) is 29.5. The Hall–Kier alpha value is -7.86. The van der Waals surface area contributed by atoms with E-state index in [1.165, 1.54) is 18.2 Å². The molecule has 3 aromatic heterocycles. The summed E-state index contributed by atoms with van der Waals surface area (Å²) in [6.07, 6.45) is 1.05. The normalized spacial score (nSPS) is 24.2. The van der Waals surface area contributed by atoms with Gasteiger partial charge in [0.25, 0.3) is 16.7 Å². The largest absolute Gasteiger partial charge is 0.444 e. The van der Waals surface area contributed by atoms with E-state index in [2.05, 4.69) is 119 Å². The van der Waals surface area contributed by atoms with Crippen LogP contribution in [0.5, 0.6) is 0 Å². The number of amides is 9. The molecule has 3 saturated carbocycles. The maximum Gasteiger partial charge on any atom is 0.407 e. The minimum Gasteiger partial charge on any atom is -0.444 e. The van der Waals surface area contributed by atoms with E-state index >= 15 is 0 Å². The number of hydrogen-bond acceptors (Lipinski definition) is 18. The molecular weight excluding hydrogens is 1210 g/mol. The van der Waals surface area contributed by atoms with Crippen molar-refractivity contribution in [2.75, 3.05) is 68.6 Å². The third-order valence-electron chi connectivity index (χ3n) is 16.4. The minimum absolute atomic E-state index is 0.0236. The zero-order valence-electron chi connectivity index (χ0n) is 56.8. The lowest BCUT2D eigenvalue weighted by Gasteiger charge is -2.46. The molecule has 9 atom stereocenters. The number of nitrogens with one attached hydrogen (secondary N) is 12. The number of nitrogens with zero attached hydrogens (tertiary/aromatic N) is 3. The van der Waals surface area contributed by atoms with Crippen LogP contribution < -0.4 is 64.5 Å².